The SMILES string of the molecule is Cc1c(C(=O)Nc2ccc(F)cc2)c2n(c1C(O)C(=O)NC1(c3cn[nH]n3)CC(F)(F)C1)C1C3C2[C@H]31. The van der Waals surface area contributed by atoms with Crippen LogP contribution in [-0.4, -0.2) is 42.8 Å². The van der Waals surface area contributed by atoms with Crippen LogP contribution in [0.4, 0.5) is 18.9 Å². The number of carbonyl (C=O) groups excluding carboxylic acids is 2. The van der Waals surface area contributed by atoms with E-state index in [9.17, 15) is 27.9 Å². The molecule has 4 heterocycles. The second-order valence-corrected chi connectivity index (χ2v) is 10.3. The maximum Gasteiger partial charge on any atom is 0.257 e. The van der Waals surface area contributed by atoms with Crippen molar-refractivity contribution in [1.82, 2.24) is 25.3 Å². The number of aliphatic hydroxyl groups excluding tert-OH is 1. The van der Waals surface area contributed by atoms with Crippen molar-refractivity contribution in [3.63, 3.8) is 0 Å². The molecule has 4 N–H and O–H groups in total. The van der Waals surface area contributed by atoms with E-state index in [4.69, 9.17) is 0 Å². The van der Waals surface area contributed by atoms with Crippen LogP contribution in [0.5, 0.6) is 0 Å². The van der Waals surface area contributed by atoms with Gasteiger partial charge in [0.1, 0.15) is 11.5 Å². The van der Waals surface area contributed by atoms with Crippen molar-refractivity contribution in [3.05, 3.63) is 64.5 Å². The summed E-state index contributed by atoms with van der Waals surface area (Å²) in [6.07, 6.45) is -1.71. The largest absolute Gasteiger partial charge is 0.377 e. The lowest BCUT2D eigenvalue weighted by Gasteiger charge is -2.46. The number of rotatable bonds is 6. The molecule has 5 aliphatic rings. The standard InChI is InChI=1S/C24H21F3N6O3/c1-9-13(21(35)29-11-4-2-10(25)3-5-11)18-14-15-16(14)19(15)33(18)17(9)20(34)22(36)30-23(7-24(26,27)8-23)12-6-28-32-31-12/h2-6,14-16,19-20,34H,7-8H2,1H3,(H,29,35)(H,30,36)(H,28,31,32)/t14?,15-,16?,19?,20?/m1/s1. The second-order valence-electron chi connectivity index (χ2n) is 10.3. The van der Waals surface area contributed by atoms with Crippen LogP contribution in [0.3, 0.4) is 0 Å². The fourth-order valence-electron chi connectivity index (χ4n) is 6.46. The topological polar surface area (TPSA) is 125 Å². The quantitative estimate of drug-likeness (QED) is 0.416. The third-order valence-corrected chi connectivity index (χ3v) is 8.15. The summed E-state index contributed by atoms with van der Waals surface area (Å²) in [5.74, 6) is -3.65. The molecule has 2 bridgehead atoms. The Morgan fingerprint density at radius 2 is 1.92 bits per heavy atom. The van der Waals surface area contributed by atoms with Gasteiger partial charge in [-0.1, -0.05) is 0 Å². The maximum absolute atomic E-state index is 13.9. The molecule has 2 aromatic heterocycles. The highest BCUT2D eigenvalue weighted by atomic mass is 19.3. The zero-order valence-corrected chi connectivity index (χ0v) is 18.9. The van der Waals surface area contributed by atoms with Gasteiger partial charge < -0.3 is 20.3 Å². The Morgan fingerprint density at radius 1 is 1.22 bits per heavy atom. The third kappa shape index (κ3) is 2.81. The van der Waals surface area contributed by atoms with Crippen LogP contribution in [0.2, 0.25) is 0 Å². The van der Waals surface area contributed by atoms with Crippen LogP contribution in [0.1, 0.15) is 63.9 Å². The van der Waals surface area contributed by atoms with Crippen LogP contribution >= 0.6 is 0 Å². The number of aliphatic hydroxyl groups is 1. The summed E-state index contributed by atoms with van der Waals surface area (Å²) in [5, 5.41) is 26.4. The Hall–Kier alpha value is -3.67. The number of amides is 2. The van der Waals surface area contributed by atoms with Gasteiger partial charge in [0.15, 0.2) is 6.10 Å². The van der Waals surface area contributed by atoms with Crippen LogP contribution < -0.4 is 10.6 Å². The van der Waals surface area contributed by atoms with E-state index in [0.717, 1.165) is 5.69 Å². The highest BCUT2D eigenvalue weighted by molar-refractivity contribution is 6.07. The number of hydrogen-bond donors (Lipinski definition) is 4. The molecule has 3 fully saturated rings. The van der Waals surface area contributed by atoms with Crippen molar-refractivity contribution < 1.29 is 27.9 Å². The lowest BCUT2D eigenvalue weighted by Crippen LogP contribution is -2.60. The van der Waals surface area contributed by atoms with Gasteiger partial charge in [0, 0.05) is 36.2 Å². The van der Waals surface area contributed by atoms with Crippen LogP contribution in [0.15, 0.2) is 30.5 Å². The van der Waals surface area contributed by atoms with E-state index in [2.05, 4.69) is 26.0 Å². The summed E-state index contributed by atoms with van der Waals surface area (Å²) in [6.45, 7) is 1.66. The first kappa shape index (κ1) is 21.6. The molecule has 3 aromatic rings. The molecule has 8 rings (SSSR count). The van der Waals surface area contributed by atoms with Crippen LogP contribution in [0.25, 0.3) is 0 Å². The molecule has 2 aliphatic heterocycles. The first-order valence-corrected chi connectivity index (χ1v) is 11.7. The van der Waals surface area contributed by atoms with Gasteiger partial charge in [0.05, 0.1) is 23.0 Å². The zero-order valence-electron chi connectivity index (χ0n) is 18.9. The Bertz CT molecular complexity index is 1420. The number of benzene rings is 1. The molecule has 0 radical (unpaired) electrons. The summed E-state index contributed by atoms with van der Waals surface area (Å²) >= 11 is 0. The van der Waals surface area contributed by atoms with Gasteiger partial charge in [-0.15, -0.1) is 0 Å². The molecule has 3 saturated carbocycles. The smallest absolute Gasteiger partial charge is 0.257 e. The number of nitrogens with one attached hydrogen (secondary N) is 3. The van der Waals surface area contributed by atoms with Crippen molar-refractivity contribution in [2.75, 3.05) is 5.32 Å². The first-order valence-electron chi connectivity index (χ1n) is 11.7. The summed E-state index contributed by atoms with van der Waals surface area (Å²) < 4.78 is 42.9. The number of aromatic amines is 1. The summed E-state index contributed by atoms with van der Waals surface area (Å²) in [4.78, 5) is 26.5. The Labute approximate surface area is 202 Å². The minimum absolute atomic E-state index is 0.131. The summed E-state index contributed by atoms with van der Waals surface area (Å²) in [6, 6.07) is 5.51. The van der Waals surface area contributed by atoms with Gasteiger partial charge in [0.2, 0.25) is 0 Å². The number of hydrogen-bond acceptors (Lipinski definition) is 5. The lowest BCUT2D eigenvalue weighted by molar-refractivity contribution is -0.156. The number of carbonyl (C=O) groups is 2. The number of aromatic nitrogens is 4. The van der Waals surface area contributed by atoms with Crippen molar-refractivity contribution >= 4 is 17.5 Å². The minimum Gasteiger partial charge on any atom is -0.377 e. The lowest BCUT2D eigenvalue weighted by atomic mass is 9.71. The van der Waals surface area contributed by atoms with Gasteiger partial charge in [-0.25, -0.2) is 13.2 Å². The van der Waals surface area contributed by atoms with E-state index in [1.165, 1.54) is 30.5 Å². The van der Waals surface area contributed by atoms with Crippen LogP contribution in [-0.2, 0) is 10.3 Å². The van der Waals surface area contributed by atoms with Gasteiger partial charge in [-0.05, 0) is 48.6 Å². The molecule has 1 aromatic carbocycles. The van der Waals surface area contributed by atoms with E-state index in [0.29, 0.717) is 34.3 Å². The molecular weight excluding hydrogens is 477 g/mol. The van der Waals surface area contributed by atoms with Crippen molar-refractivity contribution in [3.8, 4) is 0 Å². The molecule has 9 nitrogen and oxygen atoms in total. The highest BCUT2D eigenvalue weighted by Gasteiger charge is 2.81. The maximum atomic E-state index is 13.9. The molecule has 0 saturated heterocycles. The third-order valence-electron chi connectivity index (χ3n) is 8.15. The predicted molar refractivity (Wildman–Crippen MR) is 118 cm³/mol. The number of anilines is 1. The monoisotopic (exact) mass is 498 g/mol. The number of H-pyrrole nitrogens is 1. The first-order chi connectivity index (χ1) is 17.1. The molecule has 5 atom stereocenters. The average Bonchev–Trinajstić information content (AvgIpc) is 3.38. The number of alkyl halides is 2. The normalized spacial score (nSPS) is 27.9. The molecule has 0 spiro atoms. The molecule has 12 heteroatoms. The highest BCUT2D eigenvalue weighted by Crippen LogP contribution is 2.86. The van der Waals surface area contributed by atoms with Gasteiger partial charge in [-0.2, -0.15) is 15.4 Å². The van der Waals surface area contributed by atoms with Gasteiger partial charge >= 0.3 is 0 Å². The van der Waals surface area contributed by atoms with E-state index < -0.39 is 48.0 Å². The van der Waals surface area contributed by atoms with Gasteiger partial charge in [-0.3, -0.25) is 9.59 Å². The number of halogens is 3. The van der Waals surface area contributed by atoms with E-state index in [1.807, 2.05) is 4.57 Å². The summed E-state index contributed by atoms with van der Waals surface area (Å²) in [7, 11) is 0. The molecule has 186 valence electrons. The Morgan fingerprint density at radius 3 is 2.53 bits per heavy atom. The molecule has 2 amide bonds. The van der Waals surface area contributed by atoms with Crippen molar-refractivity contribution in [2.24, 2.45) is 11.8 Å². The molecule has 3 aliphatic carbocycles. The fraction of sp³-hybridized carbons (Fsp3) is 0.417. The molecule has 4 unspecified atom stereocenters. The van der Waals surface area contributed by atoms with E-state index in [1.54, 1.807) is 6.92 Å². The van der Waals surface area contributed by atoms with Crippen molar-refractivity contribution in [1.29, 1.82) is 0 Å². The van der Waals surface area contributed by atoms with Gasteiger partial charge in [0.25, 0.3) is 17.7 Å². The predicted octanol–water partition coefficient (Wildman–Crippen LogP) is 2.68. The van der Waals surface area contributed by atoms with Crippen molar-refractivity contribution in [2.45, 2.75) is 49.3 Å². The number of nitrogens with zero attached hydrogens (tertiary/aromatic N) is 3. The minimum atomic E-state index is -2.97. The van der Waals surface area contributed by atoms with E-state index >= 15 is 0 Å². The Kier molecular flexibility index (Phi) is 4.05. The molecule has 36 heavy (non-hydrogen) atoms. The summed E-state index contributed by atoms with van der Waals surface area (Å²) in [5.41, 5.74) is 1.06. The average molecular weight is 498 g/mol. The Balaban J connectivity index is 1.20. The van der Waals surface area contributed by atoms with Crippen LogP contribution in [0, 0.1) is 24.6 Å². The second kappa shape index (κ2) is 6.75. The zero-order chi connectivity index (χ0) is 25.1. The fourth-order valence-corrected chi connectivity index (χ4v) is 6.46. The molecular formula is C24H21F3N6O3. The van der Waals surface area contributed by atoms with E-state index in [-0.39, 0.29) is 17.7 Å².